The summed E-state index contributed by atoms with van der Waals surface area (Å²) in [5, 5.41) is 11.1. The Morgan fingerprint density at radius 1 is 1.04 bits per heavy atom. The first-order valence-corrected chi connectivity index (χ1v) is 8.67. The van der Waals surface area contributed by atoms with E-state index in [1.165, 1.54) is 0 Å². The molecule has 1 aromatic heterocycles. The van der Waals surface area contributed by atoms with Crippen molar-refractivity contribution in [1.29, 1.82) is 0 Å². The quantitative estimate of drug-likeness (QED) is 0.692. The molecule has 2 aromatic carbocycles. The second kappa shape index (κ2) is 8.80. The number of ether oxygens (including phenoxy) is 2. The Labute approximate surface area is 158 Å². The van der Waals surface area contributed by atoms with Gasteiger partial charge < -0.3 is 14.8 Å². The Balaban J connectivity index is 1.66. The van der Waals surface area contributed by atoms with Gasteiger partial charge in [0.2, 0.25) is 11.8 Å². The summed E-state index contributed by atoms with van der Waals surface area (Å²) < 4.78 is 10.4. The Morgan fingerprint density at radius 3 is 2.52 bits per heavy atom. The third-order valence-electron chi connectivity index (χ3n) is 3.90. The van der Waals surface area contributed by atoms with Gasteiger partial charge in [0, 0.05) is 17.3 Å². The van der Waals surface area contributed by atoms with E-state index >= 15 is 0 Å². The Morgan fingerprint density at radius 2 is 1.85 bits per heavy atom. The molecule has 6 nitrogen and oxygen atoms in total. The summed E-state index contributed by atoms with van der Waals surface area (Å²) in [7, 11) is 1.61. The van der Waals surface area contributed by atoms with E-state index in [1.807, 2.05) is 61.5 Å². The van der Waals surface area contributed by atoms with Gasteiger partial charge in [-0.15, -0.1) is 10.2 Å². The molecule has 0 radical (unpaired) electrons. The summed E-state index contributed by atoms with van der Waals surface area (Å²) in [6.07, 6.45) is 0.289. The Hall–Kier alpha value is -3.41. The number of methoxy groups -OCH3 is 1. The topological polar surface area (TPSA) is 73.3 Å². The molecule has 0 aliphatic carbocycles. The van der Waals surface area contributed by atoms with Gasteiger partial charge in [-0.2, -0.15) is 0 Å². The van der Waals surface area contributed by atoms with Crippen molar-refractivity contribution in [1.82, 2.24) is 10.2 Å². The average molecular weight is 363 g/mol. The third kappa shape index (κ3) is 5.04. The number of amides is 1. The molecule has 3 rings (SSSR count). The van der Waals surface area contributed by atoms with Crippen molar-refractivity contribution in [3.63, 3.8) is 0 Å². The predicted octanol–water partition coefficient (Wildman–Crippen LogP) is 3.73. The predicted molar refractivity (Wildman–Crippen MR) is 104 cm³/mol. The van der Waals surface area contributed by atoms with Crippen LogP contribution in [0.5, 0.6) is 11.6 Å². The first-order valence-electron chi connectivity index (χ1n) is 8.67. The minimum atomic E-state index is -0.0879. The third-order valence-corrected chi connectivity index (χ3v) is 3.90. The minimum absolute atomic E-state index is 0.0879. The fraction of sp³-hybridized carbons (Fsp3) is 0.190. The van der Waals surface area contributed by atoms with E-state index in [9.17, 15) is 4.79 Å². The van der Waals surface area contributed by atoms with Crippen LogP contribution in [0.25, 0.3) is 11.3 Å². The van der Waals surface area contributed by atoms with Gasteiger partial charge in [-0.05, 0) is 42.8 Å². The maximum Gasteiger partial charge on any atom is 0.233 e. The van der Waals surface area contributed by atoms with E-state index in [1.54, 1.807) is 13.2 Å². The molecule has 0 saturated carbocycles. The molecule has 27 heavy (non-hydrogen) atoms. The summed E-state index contributed by atoms with van der Waals surface area (Å²) in [6.45, 7) is 2.44. The van der Waals surface area contributed by atoms with Crippen molar-refractivity contribution >= 4 is 11.6 Å². The maximum atomic E-state index is 12.3. The fourth-order valence-corrected chi connectivity index (χ4v) is 2.59. The number of nitrogens with one attached hydrogen (secondary N) is 1. The van der Waals surface area contributed by atoms with Crippen LogP contribution < -0.4 is 14.8 Å². The Kier molecular flexibility index (Phi) is 5.99. The first kappa shape index (κ1) is 18.4. The number of carbonyl (C=O) groups excluding carboxylic acids is 1. The normalized spacial score (nSPS) is 10.3. The van der Waals surface area contributed by atoms with Gasteiger partial charge in [-0.3, -0.25) is 4.79 Å². The second-order valence-electron chi connectivity index (χ2n) is 5.84. The zero-order valence-electron chi connectivity index (χ0n) is 15.3. The van der Waals surface area contributed by atoms with Gasteiger partial charge >= 0.3 is 0 Å². The van der Waals surface area contributed by atoms with E-state index in [4.69, 9.17) is 9.47 Å². The highest BCUT2D eigenvalue weighted by atomic mass is 16.5. The first-order chi connectivity index (χ1) is 13.2. The Bertz CT molecular complexity index is 893. The number of hydrogen-bond donors (Lipinski definition) is 1. The standard InChI is InChI=1S/C21H21N3O3/c1-3-27-21-12-11-19(23-24-21)16-5-4-6-17(14-16)22-20(25)13-15-7-9-18(26-2)10-8-15/h4-12,14H,3,13H2,1-2H3,(H,22,25). The van der Waals surface area contributed by atoms with Crippen LogP contribution >= 0.6 is 0 Å². The zero-order valence-corrected chi connectivity index (χ0v) is 15.3. The van der Waals surface area contributed by atoms with Crippen molar-refractivity contribution in [2.75, 3.05) is 19.0 Å². The highest BCUT2D eigenvalue weighted by molar-refractivity contribution is 5.92. The van der Waals surface area contributed by atoms with Crippen LogP contribution in [0.4, 0.5) is 5.69 Å². The monoisotopic (exact) mass is 363 g/mol. The summed E-state index contributed by atoms with van der Waals surface area (Å²) in [6, 6.07) is 18.6. The summed E-state index contributed by atoms with van der Waals surface area (Å²) in [5.41, 5.74) is 3.21. The van der Waals surface area contributed by atoms with Gasteiger partial charge in [0.1, 0.15) is 5.75 Å². The minimum Gasteiger partial charge on any atom is -0.497 e. The van der Waals surface area contributed by atoms with Crippen molar-refractivity contribution in [2.45, 2.75) is 13.3 Å². The van der Waals surface area contributed by atoms with Crippen LogP contribution in [-0.2, 0) is 11.2 Å². The number of rotatable bonds is 7. The number of anilines is 1. The van der Waals surface area contributed by atoms with Crippen molar-refractivity contribution in [3.8, 4) is 22.9 Å². The molecule has 0 fully saturated rings. The fourth-order valence-electron chi connectivity index (χ4n) is 2.59. The molecule has 3 aromatic rings. The lowest BCUT2D eigenvalue weighted by molar-refractivity contribution is -0.115. The van der Waals surface area contributed by atoms with Crippen LogP contribution in [0.3, 0.4) is 0 Å². The molecule has 6 heteroatoms. The molecule has 0 unspecified atom stereocenters. The molecule has 0 bridgehead atoms. The molecule has 1 heterocycles. The van der Waals surface area contributed by atoms with Crippen molar-refractivity contribution in [2.24, 2.45) is 0 Å². The van der Waals surface area contributed by atoms with E-state index in [0.29, 0.717) is 23.9 Å². The molecular formula is C21H21N3O3. The molecule has 0 atom stereocenters. The molecule has 0 aliphatic rings. The number of carbonyl (C=O) groups is 1. The molecule has 138 valence electrons. The van der Waals surface area contributed by atoms with Gasteiger partial charge in [0.05, 0.1) is 25.8 Å². The molecular weight excluding hydrogens is 342 g/mol. The number of aromatic nitrogens is 2. The van der Waals surface area contributed by atoms with Crippen LogP contribution in [0.2, 0.25) is 0 Å². The highest BCUT2D eigenvalue weighted by Crippen LogP contribution is 2.22. The lowest BCUT2D eigenvalue weighted by Crippen LogP contribution is -2.14. The van der Waals surface area contributed by atoms with E-state index in [-0.39, 0.29) is 12.3 Å². The smallest absolute Gasteiger partial charge is 0.233 e. The van der Waals surface area contributed by atoms with E-state index in [2.05, 4.69) is 15.5 Å². The average Bonchev–Trinajstić information content (AvgIpc) is 2.69. The lowest BCUT2D eigenvalue weighted by Gasteiger charge is -2.08. The van der Waals surface area contributed by atoms with Gasteiger partial charge in [-0.1, -0.05) is 24.3 Å². The number of hydrogen-bond acceptors (Lipinski definition) is 5. The molecule has 0 spiro atoms. The lowest BCUT2D eigenvalue weighted by atomic mass is 10.1. The molecule has 0 saturated heterocycles. The number of nitrogens with zero attached hydrogens (tertiary/aromatic N) is 2. The highest BCUT2D eigenvalue weighted by Gasteiger charge is 2.07. The summed E-state index contributed by atoms with van der Waals surface area (Å²) >= 11 is 0. The summed E-state index contributed by atoms with van der Waals surface area (Å²) in [4.78, 5) is 12.3. The van der Waals surface area contributed by atoms with Gasteiger partial charge in [0.25, 0.3) is 0 Å². The van der Waals surface area contributed by atoms with Crippen LogP contribution in [-0.4, -0.2) is 29.8 Å². The van der Waals surface area contributed by atoms with Crippen LogP contribution in [0, 0.1) is 0 Å². The molecule has 1 amide bonds. The van der Waals surface area contributed by atoms with Gasteiger partial charge in [0.15, 0.2) is 0 Å². The molecule has 1 N–H and O–H groups in total. The number of benzene rings is 2. The summed E-state index contributed by atoms with van der Waals surface area (Å²) in [5.74, 6) is 1.17. The van der Waals surface area contributed by atoms with Gasteiger partial charge in [-0.25, -0.2) is 0 Å². The van der Waals surface area contributed by atoms with Crippen LogP contribution in [0.15, 0.2) is 60.7 Å². The largest absolute Gasteiger partial charge is 0.497 e. The SMILES string of the molecule is CCOc1ccc(-c2cccc(NC(=O)Cc3ccc(OC)cc3)c2)nn1. The van der Waals surface area contributed by atoms with Crippen LogP contribution in [0.1, 0.15) is 12.5 Å². The van der Waals surface area contributed by atoms with Crippen molar-refractivity contribution in [3.05, 3.63) is 66.2 Å². The van der Waals surface area contributed by atoms with E-state index in [0.717, 1.165) is 16.9 Å². The maximum absolute atomic E-state index is 12.3. The van der Waals surface area contributed by atoms with Crippen molar-refractivity contribution < 1.29 is 14.3 Å². The second-order valence-corrected chi connectivity index (χ2v) is 5.84. The van der Waals surface area contributed by atoms with E-state index < -0.39 is 0 Å². The zero-order chi connectivity index (χ0) is 19.1. The molecule has 0 aliphatic heterocycles.